The van der Waals surface area contributed by atoms with Crippen molar-refractivity contribution in [1.29, 1.82) is 0 Å². The third kappa shape index (κ3) is 6.07. The summed E-state index contributed by atoms with van der Waals surface area (Å²) < 4.78 is 27.8. The van der Waals surface area contributed by atoms with Gasteiger partial charge in [-0.2, -0.15) is 4.98 Å². The van der Waals surface area contributed by atoms with E-state index in [9.17, 15) is 13.2 Å². The van der Waals surface area contributed by atoms with Crippen LogP contribution >= 0.6 is 0 Å². The van der Waals surface area contributed by atoms with Crippen LogP contribution < -0.4 is 15.4 Å². The standard InChI is InChI=1S/C29H29N5O3S/c1-20-6-11-23(12-7-20)27(35)15-10-21-8-13-22(14-9-21)26-19-31-29-33-24-4-2-5-25(18-24)38(36,37)32-17-3-16-30-28(26)34-29/h2,4-9,11-14,18-19,32H,3,10,15-17H2,1H3,(H2,30,31,33,34). The van der Waals surface area contributed by atoms with Crippen LogP contribution in [0.15, 0.2) is 83.9 Å². The van der Waals surface area contributed by atoms with E-state index in [2.05, 4.69) is 25.3 Å². The second-order valence-electron chi connectivity index (χ2n) is 9.27. The van der Waals surface area contributed by atoms with E-state index in [0.717, 1.165) is 27.8 Å². The molecule has 38 heavy (non-hydrogen) atoms. The van der Waals surface area contributed by atoms with E-state index in [1.54, 1.807) is 30.5 Å². The summed E-state index contributed by atoms with van der Waals surface area (Å²) in [6.45, 7) is 2.84. The number of rotatable bonds is 5. The minimum absolute atomic E-state index is 0.133. The molecule has 1 aliphatic rings. The van der Waals surface area contributed by atoms with Crippen molar-refractivity contribution in [3.63, 3.8) is 0 Å². The first-order valence-electron chi connectivity index (χ1n) is 12.5. The first-order valence-corrected chi connectivity index (χ1v) is 14.0. The van der Waals surface area contributed by atoms with Crippen molar-refractivity contribution in [2.75, 3.05) is 23.7 Å². The number of Topliss-reactive ketones (excluding diaryl/α,β-unsaturated/α-hetero) is 1. The highest BCUT2D eigenvalue weighted by Crippen LogP contribution is 2.29. The minimum Gasteiger partial charge on any atom is -0.369 e. The SMILES string of the molecule is Cc1ccc(C(=O)CCc2ccc(-c3cnc4nc3NCCCNS(=O)(=O)c3cccc(c3)N4)cc2)cc1. The molecule has 5 rings (SSSR count). The molecule has 0 aliphatic carbocycles. The molecule has 0 saturated carbocycles. The van der Waals surface area contributed by atoms with Crippen molar-refractivity contribution in [2.45, 2.75) is 31.1 Å². The minimum atomic E-state index is -3.60. The number of hydrogen-bond donors (Lipinski definition) is 3. The zero-order valence-electron chi connectivity index (χ0n) is 21.1. The topological polar surface area (TPSA) is 113 Å². The number of aryl methyl sites for hydroxylation is 2. The van der Waals surface area contributed by atoms with Crippen LogP contribution in [0.4, 0.5) is 17.5 Å². The third-order valence-electron chi connectivity index (χ3n) is 6.41. The maximum Gasteiger partial charge on any atom is 0.240 e. The third-order valence-corrected chi connectivity index (χ3v) is 7.87. The Morgan fingerprint density at radius 1 is 0.974 bits per heavy atom. The molecule has 2 heterocycles. The molecule has 1 aromatic heterocycles. The van der Waals surface area contributed by atoms with E-state index in [4.69, 9.17) is 0 Å². The summed E-state index contributed by atoms with van der Waals surface area (Å²) >= 11 is 0. The maximum absolute atomic E-state index is 12.6. The Kier molecular flexibility index (Phi) is 7.48. The highest BCUT2D eigenvalue weighted by molar-refractivity contribution is 7.89. The Balaban J connectivity index is 1.33. The summed E-state index contributed by atoms with van der Waals surface area (Å²) in [5.41, 5.74) is 5.31. The van der Waals surface area contributed by atoms with Gasteiger partial charge in [0.05, 0.1) is 4.90 Å². The highest BCUT2D eigenvalue weighted by atomic mass is 32.2. The average molecular weight is 528 g/mol. The molecular formula is C29H29N5O3S. The fourth-order valence-electron chi connectivity index (χ4n) is 4.24. The summed E-state index contributed by atoms with van der Waals surface area (Å²) in [5, 5.41) is 6.44. The van der Waals surface area contributed by atoms with Crippen LogP contribution in [0.2, 0.25) is 0 Å². The first-order chi connectivity index (χ1) is 18.4. The molecule has 0 fully saturated rings. The molecule has 9 heteroatoms. The molecule has 0 amide bonds. The number of aromatic nitrogens is 2. The van der Waals surface area contributed by atoms with E-state index >= 15 is 0 Å². The normalized spacial score (nSPS) is 14.7. The molecule has 0 saturated heterocycles. The van der Waals surface area contributed by atoms with Crippen molar-refractivity contribution >= 4 is 33.3 Å². The first kappa shape index (κ1) is 25.6. The van der Waals surface area contributed by atoms with Crippen LogP contribution in [0.25, 0.3) is 11.1 Å². The molecular weight excluding hydrogens is 498 g/mol. The molecule has 0 atom stereocenters. The lowest BCUT2D eigenvalue weighted by atomic mass is 10.00. The number of carbonyl (C=O) groups excluding carboxylic acids is 1. The summed E-state index contributed by atoms with van der Waals surface area (Å²) in [4.78, 5) is 21.9. The average Bonchev–Trinajstić information content (AvgIpc) is 2.92. The number of hydrogen-bond acceptors (Lipinski definition) is 7. The van der Waals surface area contributed by atoms with E-state index in [0.29, 0.717) is 49.8 Å². The lowest BCUT2D eigenvalue weighted by molar-refractivity contribution is 0.0983. The van der Waals surface area contributed by atoms with Gasteiger partial charge >= 0.3 is 0 Å². The largest absolute Gasteiger partial charge is 0.369 e. The van der Waals surface area contributed by atoms with Crippen molar-refractivity contribution in [2.24, 2.45) is 0 Å². The van der Waals surface area contributed by atoms with Crippen LogP contribution in [0.3, 0.4) is 0 Å². The van der Waals surface area contributed by atoms with Gasteiger partial charge in [0, 0.05) is 42.5 Å². The quantitative estimate of drug-likeness (QED) is 0.309. The van der Waals surface area contributed by atoms with Gasteiger partial charge in [0.1, 0.15) is 5.82 Å². The molecule has 3 aromatic carbocycles. The van der Waals surface area contributed by atoms with Crippen LogP contribution in [0, 0.1) is 6.92 Å². The molecule has 0 spiro atoms. The predicted molar refractivity (Wildman–Crippen MR) is 149 cm³/mol. The molecule has 0 radical (unpaired) electrons. The number of fused-ring (bicyclic) bond motifs is 4. The Morgan fingerprint density at radius 3 is 2.55 bits per heavy atom. The summed E-state index contributed by atoms with van der Waals surface area (Å²) in [6.07, 6.45) is 3.45. The van der Waals surface area contributed by atoms with E-state index in [-0.39, 0.29) is 10.7 Å². The molecule has 3 N–H and O–H groups in total. The predicted octanol–water partition coefficient (Wildman–Crippen LogP) is 5.11. The fraction of sp³-hybridized carbons (Fsp3) is 0.207. The van der Waals surface area contributed by atoms with Gasteiger partial charge < -0.3 is 10.6 Å². The second kappa shape index (κ2) is 11.1. The number of sulfonamides is 1. The number of carbonyl (C=O) groups is 1. The van der Waals surface area contributed by atoms with Gasteiger partial charge in [-0.05, 0) is 49.1 Å². The zero-order chi connectivity index (χ0) is 26.5. The van der Waals surface area contributed by atoms with Gasteiger partial charge in [0.15, 0.2) is 5.78 Å². The lowest BCUT2D eigenvalue weighted by Gasteiger charge is -2.13. The van der Waals surface area contributed by atoms with Crippen molar-refractivity contribution < 1.29 is 13.2 Å². The summed E-state index contributed by atoms with van der Waals surface area (Å²) in [7, 11) is -3.60. The Labute approximate surface area is 222 Å². The molecule has 8 nitrogen and oxygen atoms in total. The molecule has 4 aromatic rings. The van der Waals surface area contributed by atoms with Crippen LogP contribution in [0.5, 0.6) is 0 Å². The van der Waals surface area contributed by atoms with Gasteiger partial charge in [-0.1, -0.05) is 60.2 Å². The maximum atomic E-state index is 12.6. The van der Waals surface area contributed by atoms with Gasteiger partial charge in [-0.3, -0.25) is 4.79 Å². The van der Waals surface area contributed by atoms with Crippen molar-refractivity contribution in [3.8, 4) is 11.1 Å². The van der Waals surface area contributed by atoms with Crippen LogP contribution in [-0.4, -0.2) is 37.3 Å². The summed E-state index contributed by atoms with van der Waals surface area (Å²) in [5.74, 6) is 1.15. The fourth-order valence-corrected chi connectivity index (χ4v) is 5.36. The van der Waals surface area contributed by atoms with Gasteiger partial charge in [-0.25, -0.2) is 18.1 Å². The van der Waals surface area contributed by atoms with Gasteiger partial charge in [-0.15, -0.1) is 0 Å². The smallest absolute Gasteiger partial charge is 0.240 e. The van der Waals surface area contributed by atoms with Crippen LogP contribution in [0.1, 0.15) is 34.3 Å². The van der Waals surface area contributed by atoms with Gasteiger partial charge in [0.25, 0.3) is 0 Å². The second-order valence-corrected chi connectivity index (χ2v) is 11.0. The molecule has 194 valence electrons. The highest BCUT2D eigenvalue weighted by Gasteiger charge is 2.16. The molecule has 1 aliphatic heterocycles. The number of anilines is 3. The summed E-state index contributed by atoms with van der Waals surface area (Å²) in [6, 6.07) is 22.3. The molecule has 4 bridgehead atoms. The number of ketones is 1. The number of benzene rings is 3. The Bertz CT molecular complexity index is 1550. The Hall–Kier alpha value is -4.08. The molecule has 0 unspecified atom stereocenters. The monoisotopic (exact) mass is 527 g/mol. The van der Waals surface area contributed by atoms with Crippen molar-refractivity contribution in [1.82, 2.24) is 14.7 Å². The lowest BCUT2D eigenvalue weighted by Crippen LogP contribution is -2.26. The van der Waals surface area contributed by atoms with Gasteiger partial charge in [0.2, 0.25) is 16.0 Å². The van der Waals surface area contributed by atoms with Crippen molar-refractivity contribution in [3.05, 3.63) is 95.7 Å². The van der Waals surface area contributed by atoms with E-state index in [1.165, 1.54) is 0 Å². The number of nitrogens with zero attached hydrogens (tertiary/aromatic N) is 2. The zero-order valence-corrected chi connectivity index (χ0v) is 21.9. The Morgan fingerprint density at radius 2 is 1.76 bits per heavy atom. The van der Waals surface area contributed by atoms with E-state index in [1.807, 2.05) is 55.5 Å². The van der Waals surface area contributed by atoms with Crippen LogP contribution in [-0.2, 0) is 16.4 Å². The van der Waals surface area contributed by atoms with E-state index < -0.39 is 10.0 Å². The number of nitrogens with one attached hydrogen (secondary N) is 3.